The molecule has 0 saturated heterocycles. The van der Waals surface area contributed by atoms with Gasteiger partial charge in [0.2, 0.25) is 5.78 Å². The fourth-order valence-corrected chi connectivity index (χ4v) is 4.21. The second-order valence-corrected chi connectivity index (χ2v) is 8.52. The van der Waals surface area contributed by atoms with Crippen LogP contribution < -0.4 is 14.8 Å². The number of aryl methyl sites for hydroxylation is 1. The summed E-state index contributed by atoms with van der Waals surface area (Å²) < 4.78 is 13.5. The van der Waals surface area contributed by atoms with Crippen molar-refractivity contribution in [3.63, 3.8) is 0 Å². The fourth-order valence-electron chi connectivity index (χ4n) is 4.21. The molecule has 4 aromatic rings. The normalized spacial score (nSPS) is 15.3. The Kier molecular flexibility index (Phi) is 6.20. The van der Waals surface area contributed by atoms with Crippen molar-refractivity contribution in [2.75, 3.05) is 13.7 Å². The number of carbonyl (C=O) groups is 1. The Morgan fingerprint density at radius 1 is 1.20 bits per heavy atom. The molecule has 0 fully saturated rings. The lowest BCUT2D eigenvalue weighted by atomic mass is 9.93. The average Bonchev–Trinajstić information content (AvgIpc) is 3.28. The highest BCUT2D eigenvalue weighted by Crippen LogP contribution is 2.36. The maximum absolute atomic E-state index is 11.3. The second-order valence-electron chi connectivity index (χ2n) is 8.52. The lowest BCUT2D eigenvalue weighted by molar-refractivity contribution is 0.0696. The Labute approximate surface area is 202 Å². The van der Waals surface area contributed by atoms with Gasteiger partial charge < -0.3 is 19.9 Å². The van der Waals surface area contributed by atoms with Gasteiger partial charge in [-0.05, 0) is 48.2 Å². The van der Waals surface area contributed by atoms with Crippen LogP contribution in [0, 0.1) is 6.92 Å². The number of ether oxygens (including phenoxy) is 2. The van der Waals surface area contributed by atoms with E-state index in [-0.39, 0.29) is 11.6 Å². The second kappa shape index (κ2) is 9.60. The Morgan fingerprint density at radius 3 is 2.77 bits per heavy atom. The van der Waals surface area contributed by atoms with Crippen molar-refractivity contribution in [2.24, 2.45) is 0 Å². The van der Waals surface area contributed by atoms with Crippen LogP contribution in [0.1, 0.15) is 44.3 Å². The van der Waals surface area contributed by atoms with E-state index in [2.05, 4.69) is 52.5 Å². The van der Waals surface area contributed by atoms with Crippen LogP contribution in [0.3, 0.4) is 0 Å². The van der Waals surface area contributed by atoms with E-state index in [0.717, 1.165) is 35.5 Å². The maximum Gasteiger partial charge on any atom is 0.338 e. The monoisotopic (exact) mass is 470 g/mol. The summed E-state index contributed by atoms with van der Waals surface area (Å²) in [5.74, 6) is 0.829. The standard InChI is InChI=1S/C27H26N4O4/c1-17-3-5-18(6-4-17)16-35-25-11-19-9-10-28-23(22(19)12-24(25)34-2)8-7-21-14-30-27-29-13-20(26(32)33)15-31(21)27/h3-8,11-15,23,28H,9-10,16H2,1-2H3,(H,32,33)/b8-7+. The number of benzene rings is 2. The van der Waals surface area contributed by atoms with E-state index in [1.165, 1.54) is 23.5 Å². The summed E-state index contributed by atoms with van der Waals surface area (Å²) in [5.41, 5.74) is 5.49. The van der Waals surface area contributed by atoms with Crippen LogP contribution in [0.2, 0.25) is 0 Å². The van der Waals surface area contributed by atoms with Gasteiger partial charge in [0.05, 0.1) is 30.6 Å². The molecule has 1 aliphatic rings. The summed E-state index contributed by atoms with van der Waals surface area (Å²) in [4.78, 5) is 19.7. The van der Waals surface area contributed by atoms with Crippen molar-refractivity contribution >= 4 is 17.8 Å². The summed E-state index contributed by atoms with van der Waals surface area (Å²) in [7, 11) is 1.65. The zero-order valence-electron chi connectivity index (χ0n) is 19.6. The number of methoxy groups -OCH3 is 1. The predicted molar refractivity (Wildman–Crippen MR) is 132 cm³/mol. The van der Waals surface area contributed by atoms with Gasteiger partial charge in [0.15, 0.2) is 11.5 Å². The summed E-state index contributed by atoms with van der Waals surface area (Å²) in [5, 5.41) is 12.8. The minimum Gasteiger partial charge on any atom is -0.493 e. The average molecular weight is 471 g/mol. The topological polar surface area (TPSA) is 98.0 Å². The molecular formula is C27H26N4O4. The number of fused-ring (bicyclic) bond motifs is 2. The van der Waals surface area contributed by atoms with Gasteiger partial charge in [-0.2, -0.15) is 0 Å². The van der Waals surface area contributed by atoms with E-state index in [4.69, 9.17) is 9.47 Å². The van der Waals surface area contributed by atoms with Gasteiger partial charge in [0, 0.05) is 18.9 Å². The van der Waals surface area contributed by atoms with Crippen molar-refractivity contribution in [2.45, 2.75) is 26.0 Å². The van der Waals surface area contributed by atoms with Gasteiger partial charge in [-0.15, -0.1) is 0 Å². The van der Waals surface area contributed by atoms with Crippen molar-refractivity contribution in [1.82, 2.24) is 19.7 Å². The molecule has 0 spiro atoms. The molecular weight excluding hydrogens is 444 g/mol. The highest BCUT2D eigenvalue weighted by molar-refractivity contribution is 5.87. The molecule has 1 aliphatic heterocycles. The molecule has 0 amide bonds. The number of hydrogen-bond donors (Lipinski definition) is 2. The number of nitrogens with one attached hydrogen (secondary N) is 1. The first-order valence-electron chi connectivity index (χ1n) is 11.4. The smallest absolute Gasteiger partial charge is 0.338 e. The molecule has 8 nitrogen and oxygen atoms in total. The molecule has 0 saturated carbocycles. The largest absolute Gasteiger partial charge is 0.493 e. The highest BCUT2D eigenvalue weighted by Gasteiger charge is 2.21. The number of nitrogens with zero attached hydrogens (tertiary/aromatic N) is 3. The molecule has 1 atom stereocenters. The molecule has 2 aromatic carbocycles. The third-order valence-electron chi connectivity index (χ3n) is 6.13. The number of aromatic carboxylic acids is 1. The zero-order chi connectivity index (χ0) is 24.4. The summed E-state index contributed by atoms with van der Waals surface area (Å²) >= 11 is 0. The van der Waals surface area contributed by atoms with Crippen LogP contribution in [-0.2, 0) is 13.0 Å². The quantitative estimate of drug-likeness (QED) is 0.417. The van der Waals surface area contributed by atoms with E-state index in [0.29, 0.717) is 18.1 Å². The minimum absolute atomic E-state index is 0.0417. The number of carboxylic acids is 1. The third kappa shape index (κ3) is 4.74. The number of hydrogen-bond acceptors (Lipinski definition) is 6. The van der Waals surface area contributed by atoms with Crippen LogP contribution in [0.4, 0.5) is 0 Å². The Morgan fingerprint density at radius 2 is 2.00 bits per heavy atom. The number of carboxylic acid groups (broad SMARTS) is 1. The molecule has 0 bridgehead atoms. The molecule has 35 heavy (non-hydrogen) atoms. The predicted octanol–water partition coefficient (Wildman–Crippen LogP) is 4.22. The minimum atomic E-state index is -1.03. The van der Waals surface area contributed by atoms with Crippen LogP contribution in [-0.4, -0.2) is 39.1 Å². The lowest BCUT2D eigenvalue weighted by Gasteiger charge is -2.26. The van der Waals surface area contributed by atoms with Crippen LogP contribution in [0.5, 0.6) is 11.5 Å². The van der Waals surface area contributed by atoms with Gasteiger partial charge in [0.1, 0.15) is 6.61 Å². The Balaban J connectivity index is 1.40. The molecule has 8 heteroatoms. The van der Waals surface area contributed by atoms with Gasteiger partial charge in [-0.25, -0.2) is 14.8 Å². The molecule has 1 unspecified atom stereocenters. The van der Waals surface area contributed by atoms with Crippen molar-refractivity contribution in [3.05, 3.63) is 94.6 Å². The molecule has 5 rings (SSSR count). The molecule has 178 valence electrons. The van der Waals surface area contributed by atoms with E-state index in [9.17, 15) is 9.90 Å². The van der Waals surface area contributed by atoms with Crippen LogP contribution in [0.15, 0.2) is 61.1 Å². The molecule has 0 aliphatic carbocycles. The van der Waals surface area contributed by atoms with E-state index >= 15 is 0 Å². The van der Waals surface area contributed by atoms with Crippen LogP contribution in [0.25, 0.3) is 11.9 Å². The van der Waals surface area contributed by atoms with Crippen molar-refractivity contribution in [3.8, 4) is 11.5 Å². The van der Waals surface area contributed by atoms with Crippen molar-refractivity contribution < 1.29 is 19.4 Å². The molecule has 3 heterocycles. The summed E-state index contributed by atoms with van der Waals surface area (Å²) in [6, 6.07) is 12.3. The number of aromatic nitrogens is 3. The first-order chi connectivity index (χ1) is 17.0. The summed E-state index contributed by atoms with van der Waals surface area (Å²) in [6.07, 6.45) is 9.36. The Bertz CT molecular complexity index is 1410. The zero-order valence-corrected chi connectivity index (χ0v) is 19.6. The van der Waals surface area contributed by atoms with E-state index in [1.807, 2.05) is 18.2 Å². The van der Waals surface area contributed by atoms with Gasteiger partial charge in [-0.3, -0.25) is 4.40 Å². The summed E-state index contributed by atoms with van der Waals surface area (Å²) in [6.45, 7) is 3.36. The van der Waals surface area contributed by atoms with E-state index in [1.54, 1.807) is 17.7 Å². The van der Waals surface area contributed by atoms with Crippen molar-refractivity contribution in [1.29, 1.82) is 0 Å². The lowest BCUT2D eigenvalue weighted by Crippen LogP contribution is -2.28. The first kappa shape index (κ1) is 22.6. The highest BCUT2D eigenvalue weighted by atomic mass is 16.5. The SMILES string of the molecule is COc1cc2c(cc1OCc1ccc(C)cc1)CCNC2/C=C/c1cnc2ncc(C(=O)O)cn12. The molecule has 2 aromatic heterocycles. The molecule has 2 N–H and O–H groups in total. The maximum atomic E-state index is 11.3. The molecule has 0 radical (unpaired) electrons. The van der Waals surface area contributed by atoms with E-state index < -0.39 is 5.97 Å². The van der Waals surface area contributed by atoms with Crippen LogP contribution >= 0.6 is 0 Å². The van der Waals surface area contributed by atoms with Gasteiger partial charge >= 0.3 is 5.97 Å². The number of imidazole rings is 1. The first-order valence-corrected chi connectivity index (χ1v) is 11.4. The van der Waals surface area contributed by atoms with Gasteiger partial charge in [-0.1, -0.05) is 35.9 Å². The fraction of sp³-hybridized carbons (Fsp3) is 0.222. The number of rotatable bonds is 7. The van der Waals surface area contributed by atoms with Gasteiger partial charge in [0.25, 0.3) is 0 Å². The Hall–Kier alpha value is -4.17. The third-order valence-corrected chi connectivity index (χ3v) is 6.13.